The maximum absolute atomic E-state index is 11.6. The van der Waals surface area contributed by atoms with Gasteiger partial charge in [-0.25, -0.2) is 4.98 Å². The zero-order chi connectivity index (χ0) is 16.6. The molecule has 3 aromatic rings. The molecule has 0 saturated heterocycles. The average molecular weight is 327 g/mol. The van der Waals surface area contributed by atoms with Gasteiger partial charge in [0.1, 0.15) is 16.4 Å². The third-order valence-corrected chi connectivity index (χ3v) is 4.76. The zero-order valence-electron chi connectivity index (χ0n) is 13.9. The summed E-state index contributed by atoms with van der Waals surface area (Å²) in [6, 6.07) is 8.26. The molecular weight excluding hydrogens is 306 g/mol. The quantitative estimate of drug-likeness (QED) is 0.644. The number of aldehydes is 1. The second-order valence-corrected chi connectivity index (χ2v) is 7.57. The summed E-state index contributed by atoms with van der Waals surface area (Å²) >= 11 is 1.56. The van der Waals surface area contributed by atoms with Crippen LogP contribution in [0.25, 0.3) is 16.2 Å². The number of hydrogen-bond acceptors (Lipinski definition) is 4. The van der Waals surface area contributed by atoms with Crippen molar-refractivity contribution in [1.29, 1.82) is 0 Å². The van der Waals surface area contributed by atoms with Crippen molar-refractivity contribution in [2.45, 2.75) is 40.0 Å². The van der Waals surface area contributed by atoms with Gasteiger partial charge in [-0.3, -0.25) is 4.79 Å². The van der Waals surface area contributed by atoms with Crippen LogP contribution in [0.5, 0.6) is 0 Å². The Balaban J connectivity index is 2.03. The van der Waals surface area contributed by atoms with Crippen LogP contribution in [0.3, 0.4) is 0 Å². The Kier molecular flexibility index (Phi) is 4.31. The molecule has 0 fully saturated rings. The Morgan fingerprint density at radius 2 is 1.87 bits per heavy atom. The summed E-state index contributed by atoms with van der Waals surface area (Å²) in [6.45, 7) is 8.65. The Labute approximate surface area is 140 Å². The van der Waals surface area contributed by atoms with E-state index in [2.05, 4.69) is 49.9 Å². The minimum atomic E-state index is 0.486. The van der Waals surface area contributed by atoms with Crippen LogP contribution in [0.2, 0.25) is 0 Å². The number of imidazole rings is 1. The third kappa shape index (κ3) is 3.06. The van der Waals surface area contributed by atoms with E-state index in [1.807, 2.05) is 12.1 Å². The first-order valence-corrected chi connectivity index (χ1v) is 8.75. The monoisotopic (exact) mass is 327 g/mol. The normalized spacial score (nSPS) is 11.7. The van der Waals surface area contributed by atoms with Crippen molar-refractivity contribution in [3.63, 3.8) is 0 Å². The lowest BCUT2D eigenvalue weighted by molar-refractivity contribution is 0.111. The molecule has 2 heterocycles. The molecule has 5 heteroatoms. The molecule has 0 aliphatic carbocycles. The SMILES string of the molecule is CC(C)Cc1nn2c(C=O)c(-c3ccc(C(C)C)cc3)nc2s1. The van der Waals surface area contributed by atoms with Gasteiger partial charge < -0.3 is 0 Å². The fraction of sp³-hybridized carbons (Fsp3) is 0.389. The molecule has 120 valence electrons. The van der Waals surface area contributed by atoms with Gasteiger partial charge in [-0.2, -0.15) is 9.61 Å². The highest BCUT2D eigenvalue weighted by atomic mass is 32.1. The van der Waals surface area contributed by atoms with Gasteiger partial charge in [0, 0.05) is 12.0 Å². The van der Waals surface area contributed by atoms with Crippen LogP contribution in [0.15, 0.2) is 24.3 Å². The Bertz CT molecular complexity index is 828. The number of hydrogen-bond donors (Lipinski definition) is 0. The highest BCUT2D eigenvalue weighted by Crippen LogP contribution is 2.28. The summed E-state index contributed by atoms with van der Waals surface area (Å²) < 4.78 is 1.68. The molecule has 0 amide bonds. The molecule has 0 bridgehead atoms. The lowest BCUT2D eigenvalue weighted by atomic mass is 10.0. The molecule has 0 N–H and O–H groups in total. The number of carbonyl (C=O) groups excluding carboxylic acids is 1. The van der Waals surface area contributed by atoms with E-state index >= 15 is 0 Å². The molecule has 0 atom stereocenters. The molecule has 0 aliphatic heterocycles. The first kappa shape index (κ1) is 15.9. The smallest absolute Gasteiger partial charge is 0.213 e. The van der Waals surface area contributed by atoms with Crippen LogP contribution in [-0.2, 0) is 6.42 Å². The van der Waals surface area contributed by atoms with Crippen LogP contribution >= 0.6 is 11.3 Å². The van der Waals surface area contributed by atoms with E-state index in [9.17, 15) is 4.79 Å². The standard InChI is InChI=1S/C18H21N3OS/c1-11(2)9-16-20-21-15(10-22)17(19-18(21)23-16)14-7-5-13(6-8-14)12(3)4/h5-8,10-12H,9H2,1-4H3. The van der Waals surface area contributed by atoms with Crippen molar-refractivity contribution in [2.75, 3.05) is 0 Å². The minimum absolute atomic E-state index is 0.486. The molecule has 3 rings (SSSR count). The number of nitrogens with zero attached hydrogens (tertiary/aromatic N) is 3. The highest BCUT2D eigenvalue weighted by molar-refractivity contribution is 7.16. The average Bonchev–Trinajstić information content (AvgIpc) is 3.03. The number of aromatic nitrogens is 3. The van der Waals surface area contributed by atoms with Crippen LogP contribution in [0.1, 0.15) is 54.7 Å². The van der Waals surface area contributed by atoms with Crippen molar-refractivity contribution in [2.24, 2.45) is 5.92 Å². The molecule has 4 nitrogen and oxygen atoms in total. The summed E-state index contributed by atoms with van der Waals surface area (Å²) in [4.78, 5) is 17.0. The van der Waals surface area contributed by atoms with Gasteiger partial charge in [-0.15, -0.1) is 0 Å². The van der Waals surface area contributed by atoms with E-state index in [0.29, 0.717) is 23.2 Å². The second-order valence-electron chi connectivity index (χ2n) is 6.53. The van der Waals surface area contributed by atoms with Crippen LogP contribution in [0, 0.1) is 5.92 Å². The topological polar surface area (TPSA) is 47.3 Å². The second kappa shape index (κ2) is 6.24. The summed E-state index contributed by atoms with van der Waals surface area (Å²) in [5.41, 5.74) is 3.48. The molecule has 0 spiro atoms. The summed E-state index contributed by atoms with van der Waals surface area (Å²) in [5.74, 6) is 1.02. The molecule has 0 radical (unpaired) electrons. The van der Waals surface area contributed by atoms with Crippen LogP contribution in [0.4, 0.5) is 0 Å². The van der Waals surface area contributed by atoms with E-state index < -0.39 is 0 Å². The largest absolute Gasteiger partial charge is 0.296 e. The van der Waals surface area contributed by atoms with E-state index in [0.717, 1.165) is 28.2 Å². The zero-order valence-corrected chi connectivity index (χ0v) is 14.7. The van der Waals surface area contributed by atoms with E-state index in [-0.39, 0.29) is 0 Å². The van der Waals surface area contributed by atoms with Gasteiger partial charge in [0.15, 0.2) is 6.29 Å². The molecular formula is C18H21N3OS. The van der Waals surface area contributed by atoms with Crippen molar-refractivity contribution in [1.82, 2.24) is 14.6 Å². The third-order valence-electron chi connectivity index (χ3n) is 3.83. The summed E-state index contributed by atoms with van der Waals surface area (Å²) in [6.07, 6.45) is 1.76. The van der Waals surface area contributed by atoms with E-state index in [4.69, 9.17) is 0 Å². The van der Waals surface area contributed by atoms with E-state index in [1.54, 1.807) is 15.9 Å². The van der Waals surface area contributed by atoms with Crippen LogP contribution < -0.4 is 0 Å². The fourth-order valence-corrected chi connectivity index (χ4v) is 3.69. The van der Waals surface area contributed by atoms with Gasteiger partial charge in [0.2, 0.25) is 4.96 Å². The lowest BCUT2D eigenvalue weighted by Crippen LogP contribution is -1.98. The first-order valence-electron chi connectivity index (χ1n) is 7.93. The van der Waals surface area contributed by atoms with Gasteiger partial charge in [-0.1, -0.05) is 63.3 Å². The Hall–Kier alpha value is -2.01. The Morgan fingerprint density at radius 3 is 2.43 bits per heavy atom. The van der Waals surface area contributed by atoms with Crippen molar-refractivity contribution >= 4 is 22.6 Å². The van der Waals surface area contributed by atoms with Crippen molar-refractivity contribution in [3.05, 3.63) is 40.5 Å². The summed E-state index contributed by atoms with van der Waals surface area (Å²) in [5, 5.41) is 5.58. The fourth-order valence-electron chi connectivity index (χ4n) is 2.58. The number of carbonyl (C=O) groups is 1. The summed E-state index contributed by atoms with van der Waals surface area (Å²) in [7, 11) is 0. The van der Waals surface area contributed by atoms with E-state index in [1.165, 1.54) is 5.56 Å². The maximum atomic E-state index is 11.6. The van der Waals surface area contributed by atoms with Crippen molar-refractivity contribution in [3.8, 4) is 11.3 Å². The first-order chi connectivity index (χ1) is 11.0. The number of rotatable bonds is 5. The number of fused-ring (bicyclic) bond motifs is 1. The van der Waals surface area contributed by atoms with Gasteiger partial charge in [-0.05, 0) is 17.4 Å². The number of benzene rings is 1. The molecule has 1 aromatic carbocycles. The Morgan fingerprint density at radius 1 is 1.17 bits per heavy atom. The lowest BCUT2D eigenvalue weighted by Gasteiger charge is -2.06. The molecule has 2 aromatic heterocycles. The predicted octanol–water partition coefficient (Wildman–Crippen LogP) is 4.59. The van der Waals surface area contributed by atoms with Crippen molar-refractivity contribution < 1.29 is 4.79 Å². The van der Waals surface area contributed by atoms with Gasteiger partial charge >= 0.3 is 0 Å². The molecule has 0 aliphatic rings. The minimum Gasteiger partial charge on any atom is -0.296 e. The van der Waals surface area contributed by atoms with Crippen LogP contribution in [-0.4, -0.2) is 20.9 Å². The molecule has 23 heavy (non-hydrogen) atoms. The molecule has 0 saturated carbocycles. The molecule has 0 unspecified atom stereocenters. The highest BCUT2D eigenvalue weighted by Gasteiger charge is 2.18. The van der Waals surface area contributed by atoms with Gasteiger partial charge in [0.05, 0.1) is 0 Å². The predicted molar refractivity (Wildman–Crippen MR) is 94.3 cm³/mol. The maximum Gasteiger partial charge on any atom is 0.213 e. The van der Waals surface area contributed by atoms with Gasteiger partial charge in [0.25, 0.3) is 0 Å².